The number of likely N-dealkylation sites (tertiary alicyclic amines) is 2. The van der Waals surface area contributed by atoms with Gasteiger partial charge in [-0.15, -0.1) is 0 Å². The molecule has 2 fully saturated rings. The molecule has 0 radical (unpaired) electrons. The number of hydrogen-bond donors (Lipinski definition) is 1. The van der Waals surface area contributed by atoms with Gasteiger partial charge in [0.25, 0.3) is 0 Å². The highest BCUT2D eigenvalue weighted by atomic mass is 16.2. The molecule has 3 heterocycles. The lowest BCUT2D eigenvalue weighted by atomic mass is 9.92. The monoisotopic (exact) mass is 389 g/mol. The van der Waals surface area contributed by atoms with Crippen LogP contribution in [0.15, 0.2) is 6.07 Å². The summed E-state index contributed by atoms with van der Waals surface area (Å²) in [6.45, 7) is 11.8. The summed E-state index contributed by atoms with van der Waals surface area (Å²) in [4.78, 5) is 20.1. The topological polar surface area (TPSA) is 55.5 Å². The first-order chi connectivity index (χ1) is 13.5. The predicted octanol–water partition coefficient (Wildman–Crippen LogP) is 2.91. The third kappa shape index (κ3) is 5.35. The second kappa shape index (κ2) is 9.88. The summed E-state index contributed by atoms with van der Waals surface area (Å²) < 4.78 is 0. The van der Waals surface area contributed by atoms with Crippen LogP contribution in [0, 0.1) is 5.92 Å². The summed E-state index contributed by atoms with van der Waals surface area (Å²) in [6, 6.07) is 3.40. The van der Waals surface area contributed by atoms with Crippen molar-refractivity contribution in [3.63, 3.8) is 0 Å². The van der Waals surface area contributed by atoms with E-state index in [1.165, 1.54) is 25.9 Å². The molecule has 2 saturated heterocycles. The number of nitrogens with one attached hydrogen (secondary N) is 1. The third-order valence-corrected chi connectivity index (χ3v) is 6.52. The summed E-state index contributed by atoms with van der Waals surface area (Å²) in [7, 11) is 1.93. The first-order valence-electron chi connectivity index (χ1n) is 11.2. The molecule has 0 aliphatic carbocycles. The van der Waals surface area contributed by atoms with E-state index in [2.05, 4.69) is 46.8 Å². The van der Waals surface area contributed by atoms with Crippen molar-refractivity contribution >= 4 is 5.91 Å². The Balaban J connectivity index is 1.50. The van der Waals surface area contributed by atoms with Crippen molar-refractivity contribution in [2.75, 3.05) is 33.2 Å². The van der Waals surface area contributed by atoms with Crippen LogP contribution in [0.4, 0.5) is 0 Å². The van der Waals surface area contributed by atoms with Crippen molar-refractivity contribution in [1.82, 2.24) is 24.9 Å². The number of carbonyl (C=O) groups is 1. The second-order valence-corrected chi connectivity index (χ2v) is 9.02. The molecule has 1 unspecified atom stereocenters. The van der Waals surface area contributed by atoms with Crippen LogP contribution in [0.25, 0.3) is 0 Å². The zero-order valence-corrected chi connectivity index (χ0v) is 18.3. The van der Waals surface area contributed by atoms with Gasteiger partial charge < -0.3 is 9.80 Å². The molecular formula is C22H39N5O. The van der Waals surface area contributed by atoms with Crippen LogP contribution in [-0.4, -0.2) is 76.1 Å². The minimum absolute atomic E-state index is 0.139. The summed E-state index contributed by atoms with van der Waals surface area (Å²) in [6.07, 6.45) is 6.72. The molecule has 1 aromatic rings. The van der Waals surface area contributed by atoms with E-state index in [9.17, 15) is 4.79 Å². The van der Waals surface area contributed by atoms with Gasteiger partial charge in [-0.3, -0.25) is 14.8 Å². The maximum absolute atomic E-state index is 13.1. The Labute approximate surface area is 170 Å². The average molecular weight is 390 g/mol. The van der Waals surface area contributed by atoms with E-state index in [0.717, 1.165) is 50.2 Å². The molecule has 1 atom stereocenters. The lowest BCUT2D eigenvalue weighted by molar-refractivity contribution is -0.137. The Morgan fingerprint density at radius 2 is 2.04 bits per heavy atom. The third-order valence-electron chi connectivity index (χ3n) is 6.52. The first-order valence-corrected chi connectivity index (χ1v) is 11.2. The van der Waals surface area contributed by atoms with Crippen LogP contribution in [0.2, 0.25) is 0 Å². The van der Waals surface area contributed by atoms with E-state index >= 15 is 0 Å². The van der Waals surface area contributed by atoms with Crippen molar-refractivity contribution in [1.29, 1.82) is 0 Å². The standard InChI is InChI=1S/C22H39N5O/c1-5-7-19-14-20(24-23-19)16-25(4)22(28)18-8-6-11-27(15-18)21-9-12-26(13-10-21)17(2)3/h14,17-18,21H,5-13,15-16H2,1-4H3,(H,23,24). The van der Waals surface area contributed by atoms with Gasteiger partial charge in [0, 0.05) is 25.7 Å². The molecule has 1 aromatic heterocycles. The Kier molecular flexibility index (Phi) is 7.52. The van der Waals surface area contributed by atoms with Crippen LogP contribution >= 0.6 is 0 Å². The number of amides is 1. The van der Waals surface area contributed by atoms with Crippen molar-refractivity contribution < 1.29 is 4.79 Å². The Bertz CT molecular complexity index is 620. The summed E-state index contributed by atoms with van der Waals surface area (Å²) in [5, 5.41) is 7.44. The highest BCUT2D eigenvalue weighted by molar-refractivity contribution is 5.78. The average Bonchev–Trinajstić information content (AvgIpc) is 3.14. The number of rotatable bonds is 7. The van der Waals surface area contributed by atoms with Crippen molar-refractivity contribution in [2.24, 2.45) is 5.92 Å². The van der Waals surface area contributed by atoms with Crippen LogP contribution in [-0.2, 0) is 17.8 Å². The van der Waals surface area contributed by atoms with E-state index < -0.39 is 0 Å². The maximum Gasteiger partial charge on any atom is 0.227 e. The lowest BCUT2D eigenvalue weighted by Gasteiger charge is -2.43. The zero-order chi connectivity index (χ0) is 20.1. The predicted molar refractivity (Wildman–Crippen MR) is 113 cm³/mol. The number of H-pyrrole nitrogens is 1. The first kappa shape index (κ1) is 21.3. The molecule has 1 amide bonds. The largest absolute Gasteiger partial charge is 0.340 e. The molecule has 6 heteroatoms. The zero-order valence-electron chi connectivity index (χ0n) is 18.3. The van der Waals surface area contributed by atoms with E-state index in [1.807, 2.05) is 11.9 Å². The van der Waals surface area contributed by atoms with E-state index in [0.29, 0.717) is 18.6 Å². The molecule has 0 aromatic carbocycles. The van der Waals surface area contributed by atoms with Gasteiger partial charge in [0.1, 0.15) is 0 Å². The molecule has 2 aliphatic rings. The SMILES string of the molecule is CCCc1cc(CN(C)C(=O)C2CCCN(C3CCN(C(C)C)CC3)C2)[nH]n1. The molecule has 158 valence electrons. The van der Waals surface area contributed by atoms with Gasteiger partial charge in [0.05, 0.1) is 23.9 Å². The van der Waals surface area contributed by atoms with Crippen molar-refractivity contribution in [3.05, 3.63) is 17.5 Å². The summed E-state index contributed by atoms with van der Waals surface area (Å²) in [5.41, 5.74) is 2.13. The van der Waals surface area contributed by atoms with Crippen LogP contribution in [0.5, 0.6) is 0 Å². The molecule has 0 bridgehead atoms. The van der Waals surface area contributed by atoms with Gasteiger partial charge in [-0.05, 0) is 71.7 Å². The Morgan fingerprint density at radius 3 is 2.71 bits per heavy atom. The number of aromatic nitrogens is 2. The number of piperidine rings is 2. The van der Waals surface area contributed by atoms with Gasteiger partial charge >= 0.3 is 0 Å². The van der Waals surface area contributed by atoms with Gasteiger partial charge in [-0.25, -0.2) is 0 Å². The second-order valence-electron chi connectivity index (χ2n) is 9.02. The highest BCUT2D eigenvalue weighted by Crippen LogP contribution is 2.25. The fourth-order valence-corrected chi connectivity index (χ4v) is 4.83. The minimum atomic E-state index is 0.139. The molecule has 0 spiro atoms. The van der Waals surface area contributed by atoms with Crippen molar-refractivity contribution in [2.45, 2.75) is 77.9 Å². The number of aryl methyl sites for hydroxylation is 1. The summed E-state index contributed by atoms with van der Waals surface area (Å²) >= 11 is 0. The van der Waals surface area contributed by atoms with E-state index in [-0.39, 0.29) is 11.8 Å². The number of aromatic amines is 1. The molecule has 0 saturated carbocycles. The Hall–Kier alpha value is -1.40. The fourth-order valence-electron chi connectivity index (χ4n) is 4.83. The smallest absolute Gasteiger partial charge is 0.227 e. The highest BCUT2D eigenvalue weighted by Gasteiger charge is 2.33. The molecule has 28 heavy (non-hydrogen) atoms. The normalized spacial score (nSPS) is 22.7. The van der Waals surface area contributed by atoms with Crippen LogP contribution < -0.4 is 0 Å². The van der Waals surface area contributed by atoms with Crippen LogP contribution in [0.1, 0.15) is 64.3 Å². The lowest BCUT2D eigenvalue weighted by Crippen LogP contribution is -2.51. The maximum atomic E-state index is 13.1. The molecule has 6 nitrogen and oxygen atoms in total. The van der Waals surface area contributed by atoms with Gasteiger partial charge in [0.2, 0.25) is 5.91 Å². The Morgan fingerprint density at radius 1 is 1.29 bits per heavy atom. The van der Waals surface area contributed by atoms with Gasteiger partial charge in [-0.1, -0.05) is 13.3 Å². The van der Waals surface area contributed by atoms with Gasteiger partial charge in [0.15, 0.2) is 0 Å². The number of hydrogen-bond acceptors (Lipinski definition) is 4. The van der Waals surface area contributed by atoms with E-state index in [4.69, 9.17) is 0 Å². The molecule has 1 N–H and O–H groups in total. The molecule has 3 rings (SSSR count). The van der Waals surface area contributed by atoms with Gasteiger partial charge in [-0.2, -0.15) is 5.10 Å². The number of carbonyl (C=O) groups excluding carboxylic acids is 1. The quantitative estimate of drug-likeness (QED) is 0.779. The molecular weight excluding hydrogens is 350 g/mol. The summed E-state index contributed by atoms with van der Waals surface area (Å²) in [5.74, 6) is 0.427. The van der Waals surface area contributed by atoms with Crippen LogP contribution in [0.3, 0.4) is 0 Å². The molecule has 2 aliphatic heterocycles. The van der Waals surface area contributed by atoms with Crippen molar-refractivity contribution in [3.8, 4) is 0 Å². The van der Waals surface area contributed by atoms with E-state index in [1.54, 1.807) is 0 Å². The number of nitrogens with zero attached hydrogens (tertiary/aromatic N) is 4. The fraction of sp³-hybridized carbons (Fsp3) is 0.818. The minimum Gasteiger partial charge on any atom is -0.340 e.